The lowest BCUT2D eigenvalue weighted by molar-refractivity contribution is -0.142. The van der Waals surface area contributed by atoms with Crippen LogP contribution in [0.1, 0.15) is 24.0 Å². The van der Waals surface area contributed by atoms with Gasteiger partial charge in [-0.05, 0) is 30.5 Å². The first kappa shape index (κ1) is 14.0. The number of likely N-dealkylation sites (tertiary alicyclic amines) is 1. The number of nitrogens with zero attached hydrogens (tertiary/aromatic N) is 1. The van der Waals surface area contributed by atoms with E-state index >= 15 is 0 Å². The molecule has 1 saturated heterocycles. The van der Waals surface area contributed by atoms with Gasteiger partial charge < -0.3 is 15.9 Å². The third kappa shape index (κ3) is 3.32. The Labute approximate surface area is 112 Å². The molecule has 1 aliphatic heterocycles. The Morgan fingerprint density at radius 1 is 1.32 bits per heavy atom. The van der Waals surface area contributed by atoms with Crippen molar-refractivity contribution in [2.24, 2.45) is 5.73 Å². The number of hydrogen-bond acceptors (Lipinski definition) is 4. The number of carbonyl (C=O) groups excluding carboxylic acids is 1. The molecule has 0 aromatic heterocycles. The van der Waals surface area contributed by atoms with Gasteiger partial charge in [0.05, 0.1) is 6.61 Å². The van der Waals surface area contributed by atoms with Crippen molar-refractivity contribution in [1.82, 2.24) is 4.90 Å². The molecule has 104 valence electrons. The highest BCUT2D eigenvalue weighted by Gasteiger charge is 2.38. The van der Waals surface area contributed by atoms with E-state index in [2.05, 4.69) is 0 Å². The van der Waals surface area contributed by atoms with E-state index in [1.54, 1.807) is 0 Å². The molecular weight excluding hydrogens is 244 g/mol. The fraction of sp³-hybridized carbons (Fsp3) is 0.500. The number of aliphatic hydroxyl groups excluding tert-OH is 1. The third-order valence-corrected chi connectivity index (χ3v) is 3.62. The second-order valence-electron chi connectivity index (χ2n) is 5.18. The molecule has 1 atom stereocenters. The van der Waals surface area contributed by atoms with Crippen molar-refractivity contribution >= 4 is 5.91 Å². The lowest BCUT2D eigenvalue weighted by Crippen LogP contribution is -2.55. The first-order chi connectivity index (χ1) is 9.03. The summed E-state index contributed by atoms with van der Waals surface area (Å²) in [5.41, 5.74) is 5.81. The predicted octanol–water partition coefficient (Wildman–Crippen LogP) is -0.00890. The lowest BCUT2D eigenvalue weighted by Gasteiger charge is -2.37. The van der Waals surface area contributed by atoms with Crippen molar-refractivity contribution in [3.05, 3.63) is 35.4 Å². The smallest absolute Gasteiger partial charge is 0.250 e. The van der Waals surface area contributed by atoms with Crippen molar-refractivity contribution in [3.63, 3.8) is 0 Å². The van der Waals surface area contributed by atoms with Crippen LogP contribution in [0.3, 0.4) is 0 Å². The van der Waals surface area contributed by atoms with Gasteiger partial charge >= 0.3 is 0 Å². The van der Waals surface area contributed by atoms with Crippen molar-refractivity contribution in [1.29, 1.82) is 0 Å². The maximum atomic E-state index is 11.3. The number of piperidine rings is 1. The van der Waals surface area contributed by atoms with Crippen LogP contribution in [0, 0.1) is 0 Å². The second-order valence-corrected chi connectivity index (χ2v) is 5.18. The highest BCUT2D eigenvalue weighted by molar-refractivity contribution is 5.83. The van der Waals surface area contributed by atoms with Gasteiger partial charge in [-0.2, -0.15) is 0 Å². The van der Waals surface area contributed by atoms with Gasteiger partial charge in [-0.3, -0.25) is 9.69 Å². The molecule has 1 heterocycles. The van der Waals surface area contributed by atoms with Crippen LogP contribution in [0.25, 0.3) is 0 Å². The molecule has 5 nitrogen and oxygen atoms in total. The van der Waals surface area contributed by atoms with Gasteiger partial charge in [0.1, 0.15) is 0 Å². The van der Waals surface area contributed by atoms with Crippen molar-refractivity contribution in [2.45, 2.75) is 31.6 Å². The van der Waals surface area contributed by atoms with E-state index in [-0.39, 0.29) is 13.2 Å². The number of amides is 1. The van der Waals surface area contributed by atoms with Gasteiger partial charge in [0.15, 0.2) is 5.60 Å². The Balaban J connectivity index is 2.00. The Morgan fingerprint density at radius 3 is 2.53 bits per heavy atom. The van der Waals surface area contributed by atoms with Crippen molar-refractivity contribution in [2.75, 3.05) is 13.1 Å². The maximum absolute atomic E-state index is 11.3. The molecule has 4 N–H and O–H groups in total. The van der Waals surface area contributed by atoms with Crippen LogP contribution in [-0.2, 0) is 17.9 Å². The normalized spacial score (nSPS) is 24.3. The summed E-state index contributed by atoms with van der Waals surface area (Å²) in [6.07, 6.45) is 1.19. The van der Waals surface area contributed by atoms with E-state index < -0.39 is 11.5 Å². The first-order valence-electron chi connectivity index (χ1n) is 6.47. The highest BCUT2D eigenvalue weighted by atomic mass is 16.3. The van der Waals surface area contributed by atoms with Gasteiger partial charge in [0.25, 0.3) is 5.91 Å². The summed E-state index contributed by atoms with van der Waals surface area (Å²) in [5.74, 6) is -0.646. The molecule has 0 saturated carbocycles. The van der Waals surface area contributed by atoms with Crippen LogP contribution in [-0.4, -0.2) is 39.7 Å². The number of rotatable bonds is 4. The molecule has 1 unspecified atom stereocenters. The quantitative estimate of drug-likeness (QED) is 0.714. The van der Waals surface area contributed by atoms with E-state index in [1.807, 2.05) is 29.2 Å². The Kier molecular flexibility index (Phi) is 4.19. The summed E-state index contributed by atoms with van der Waals surface area (Å²) in [6.45, 7) is 1.83. The molecule has 19 heavy (non-hydrogen) atoms. The van der Waals surface area contributed by atoms with Gasteiger partial charge in [-0.25, -0.2) is 0 Å². The number of benzene rings is 1. The Hall–Kier alpha value is -1.43. The zero-order valence-corrected chi connectivity index (χ0v) is 10.9. The minimum atomic E-state index is -1.40. The summed E-state index contributed by atoms with van der Waals surface area (Å²) in [7, 11) is 0. The molecule has 1 aliphatic rings. The number of β-amino-alcohol motifs (C(OH)–C–C–N with tert-alkyl or cyclic N) is 1. The molecule has 2 rings (SSSR count). The number of hydrogen-bond donors (Lipinski definition) is 3. The van der Waals surface area contributed by atoms with Gasteiger partial charge in [-0.15, -0.1) is 0 Å². The molecule has 0 aliphatic carbocycles. The van der Waals surface area contributed by atoms with E-state index in [4.69, 9.17) is 10.8 Å². The summed E-state index contributed by atoms with van der Waals surface area (Å²) >= 11 is 0. The van der Waals surface area contributed by atoms with Crippen LogP contribution >= 0.6 is 0 Å². The third-order valence-electron chi connectivity index (χ3n) is 3.62. The molecule has 5 heteroatoms. The average Bonchev–Trinajstić information content (AvgIpc) is 2.39. The lowest BCUT2D eigenvalue weighted by atomic mass is 9.92. The van der Waals surface area contributed by atoms with Crippen LogP contribution in [0.15, 0.2) is 24.3 Å². The largest absolute Gasteiger partial charge is 0.392 e. The zero-order chi connectivity index (χ0) is 13.9. The molecule has 1 fully saturated rings. The second kappa shape index (κ2) is 5.69. The van der Waals surface area contributed by atoms with Crippen LogP contribution in [0.4, 0.5) is 0 Å². The van der Waals surface area contributed by atoms with Crippen LogP contribution in [0.2, 0.25) is 0 Å². The zero-order valence-electron chi connectivity index (χ0n) is 10.9. The van der Waals surface area contributed by atoms with Gasteiger partial charge in [0, 0.05) is 13.1 Å². The summed E-state index contributed by atoms with van der Waals surface area (Å²) in [6, 6.07) is 7.64. The van der Waals surface area contributed by atoms with Crippen LogP contribution in [0.5, 0.6) is 0 Å². The van der Waals surface area contributed by atoms with Crippen LogP contribution < -0.4 is 5.73 Å². The van der Waals surface area contributed by atoms with Gasteiger partial charge in [0.2, 0.25) is 0 Å². The van der Waals surface area contributed by atoms with E-state index in [1.165, 1.54) is 0 Å². The molecular formula is C14H20N2O3. The van der Waals surface area contributed by atoms with E-state index in [0.717, 1.165) is 24.1 Å². The number of carbonyl (C=O) groups is 1. The van der Waals surface area contributed by atoms with E-state index in [9.17, 15) is 9.90 Å². The Bertz CT molecular complexity index is 447. The monoisotopic (exact) mass is 264 g/mol. The summed E-state index contributed by atoms with van der Waals surface area (Å²) in [4.78, 5) is 13.3. The van der Waals surface area contributed by atoms with E-state index in [0.29, 0.717) is 13.0 Å². The minimum Gasteiger partial charge on any atom is -0.392 e. The summed E-state index contributed by atoms with van der Waals surface area (Å²) < 4.78 is 0. The van der Waals surface area contributed by atoms with Crippen molar-refractivity contribution in [3.8, 4) is 0 Å². The number of primary amides is 1. The molecule has 0 radical (unpaired) electrons. The number of nitrogens with two attached hydrogens (primary N) is 1. The van der Waals surface area contributed by atoms with Crippen molar-refractivity contribution < 1.29 is 15.0 Å². The first-order valence-corrected chi connectivity index (χ1v) is 6.47. The Morgan fingerprint density at radius 2 is 1.95 bits per heavy atom. The minimum absolute atomic E-state index is 0.0332. The fourth-order valence-corrected chi connectivity index (χ4v) is 2.47. The average molecular weight is 264 g/mol. The number of aliphatic hydroxyl groups is 2. The summed E-state index contributed by atoms with van der Waals surface area (Å²) in [5, 5.41) is 19.1. The standard InChI is InChI=1S/C14H20N2O3/c15-13(18)14(19)6-1-7-16(10-14)8-11-2-4-12(9-17)5-3-11/h2-5,17,19H,1,6-10H2,(H2,15,18). The fourth-order valence-electron chi connectivity index (χ4n) is 2.47. The molecule has 1 amide bonds. The SMILES string of the molecule is NC(=O)C1(O)CCCN(Cc2ccc(CO)cc2)C1. The predicted molar refractivity (Wildman–Crippen MR) is 71.0 cm³/mol. The molecule has 0 bridgehead atoms. The maximum Gasteiger partial charge on any atom is 0.250 e. The van der Waals surface area contributed by atoms with Gasteiger partial charge in [-0.1, -0.05) is 24.3 Å². The topological polar surface area (TPSA) is 86.8 Å². The molecule has 1 aromatic rings. The molecule has 0 spiro atoms. The molecule has 1 aromatic carbocycles. The highest BCUT2D eigenvalue weighted by Crippen LogP contribution is 2.22.